The molecule has 1 saturated heterocycles. The lowest BCUT2D eigenvalue weighted by atomic mass is 10.0. The molecule has 0 bridgehead atoms. The number of methoxy groups -OCH3 is 1. The minimum absolute atomic E-state index is 0.0483. The Kier molecular flexibility index (Phi) is 6.42. The number of hydrogen-bond donors (Lipinski definition) is 1. The van der Waals surface area contributed by atoms with E-state index in [-0.39, 0.29) is 18.0 Å². The Labute approximate surface area is 220 Å². The second-order valence-electron chi connectivity index (χ2n) is 9.72. The third-order valence-electron chi connectivity index (χ3n) is 7.63. The fraction of sp³-hybridized carbons (Fsp3) is 0.407. The van der Waals surface area contributed by atoms with E-state index >= 15 is 0 Å². The van der Waals surface area contributed by atoms with Crippen LogP contribution >= 0.6 is 11.3 Å². The van der Waals surface area contributed by atoms with Crippen molar-refractivity contribution in [2.45, 2.75) is 38.3 Å². The Hall–Kier alpha value is -3.66. The van der Waals surface area contributed by atoms with Crippen molar-refractivity contribution in [3.63, 3.8) is 0 Å². The number of carbonyl (C=O) groups excluding carboxylic acids is 2. The first-order valence-corrected chi connectivity index (χ1v) is 13.6. The summed E-state index contributed by atoms with van der Waals surface area (Å²) in [4.78, 5) is 42.4. The van der Waals surface area contributed by atoms with Gasteiger partial charge < -0.3 is 24.8 Å². The summed E-state index contributed by atoms with van der Waals surface area (Å²) in [5.41, 5.74) is 3.62. The molecule has 0 aliphatic carbocycles. The van der Waals surface area contributed by atoms with Crippen molar-refractivity contribution in [2.24, 2.45) is 0 Å². The van der Waals surface area contributed by atoms with E-state index in [0.29, 0.717) is 25.3 Å². The van der Waals surface area contributed by atoms with Gasteiger partial charge in [0, 0.05) is 55.4 Å². The summed E-state index contributed by atoms with van der Waals surface area (Å²) in [6.07, 6.45) is 4.85. The van der Waals surface area contributed by atoms with Crippen molar-refractivity contribution in [3.05, 3.63) is 63.7 Å². The van der Waals surface area contributed by atoms with E-state index in [1.54, 1.807) is 18.4 Å². The van der Waals surface area contributed by atoms with Gasteiger partial charge in [0.25, 0.3) is 5.91 Å². The quantitative estimate of drug-likeness (QED) is 0.565. The maximum absolute atomic E-state index is 13.2. The molecule has 0 spiro atoms. The number of piperidine rings is 1. The number of nitrogens with zero attached hydrogens (tertiary/aromatic N) is 5. The maximum Gasteiger partial charge on any atom is 0.322 e. The maximum atomic E-state index is 13.2. The molecule has 3 aromatic rings. The number of benzene rings is 1. The molecule has 1 fully saturated rings. The van der Waals surface area contributed by atoms with Crippen molar-refractivity contribution in [1.82, 2.24) is 19.8 Å². The van der Waals surface area contributed by atoms with Gasteiger partial charge in [-0.15, -0.1) is 11.3 Å². The average molecular weight is 519 g/mol. The van der Waals surface area contributed by atoms with Gasteiger partial charge in [0.05, 0.1) is 7.11 Å². The number of aromatic nitrogens is 2. The Morgan fingerprint density at radius 3 is 2.76 bits per heavy atom. The largest absolute Gasteiger partial charge is 0.497 e. The van der Waals surface area contributed by atoms with E-state index < -0.39 is 0 Å². The van der Waals surface area contributed by atoms with Crippen LogP contribution in [0.4, 0.5) is 16.3 Å². The van der Waals surface area contributed by atoms with Gasteiger partial charge in [0.15, 0.2) is 0 Å². The zero-order chi connectivity index (χ0) is 25.4. The summed E-state index contributed by atoms with van der Waals surface area (Å²) in [6.45, 7) is 3.55. The first-order valence-electron chi connectivity index (χ1n) is 12.7. The lowest BCUT2D eigenvalue weighted by Gasteiger charge is -2.38. The van der Waals surface area contributed by atoms with Crippen LogP contribution in [0.3, 0.4) is 0 Å². The van der Waals surface area contributed by atoms with Gasteiger partial charge in [-0.3, -0.25) is 4.79 Å². The fourth-order valence-electron chi connectivity index (χ4n) is 5.53. The predicted molar refractivity (Wildman–Crippen MR) is 142 cm³/mol. The second kappa shape index (κ2) is 10.0. The van der Waals surface area contributed by atoms with Crippen LogP contribution in [0.1, 0.15) is 39.3 Å². The van der Waals surface area contributed by atoms with Crippen molar-refractivity contribution < 1.29 is 14.3 Å². The Morgan fingerprint density at radius 2 is 1.92 bits per heavy atom. The highest BCUT2D eigenvalue weighted by molar-refractivity contribution is 7.10. The van der Waals surface area contributed by atoms with Crippen molar-refractivity contribution >= 4 is 34.8 Å². The molecule has 1 aromatic carbocycles. The monoisotopic (exact) mass is 518 g/mol. The highest BCUT2D eigenvalue weighted by atomic mass is 32.1. The molecule has 10 heteroatoms. The van der Waals surface area contributed by atoms with Crippen molar-refractivity contribution in [3.8, 4) is 5.75 Å². The number of carbonyl (C=O) groups is 2. The Bertz CT molecular complexity index is 1320. The minimum Gasteiger partial charge on any atom is -0.497 e. The molecule has 192 valence electrons. The van der Waals surface area contributed by atoms with Crippen LogP contribution in [-0.4, -0.2) is 71.0 Å². The van der Waals surface area contributed by atoms with E-state index in [1.165, 1.54) is 16.8 Å². The molecule has 5 heterocycles. The van der Waals surface area contributed by atoms with E-state index in [9.17, 15) is 9.59 Å². The molecule has 0 radical (unpaired) electrons. The number of fused-ring (bicyclic) bond motifs is 2. The zero-order valence-corrected chi connectivity index (χ0v) is 21.7. The average Bonchev–Trinajstić information content (AvgIpc) is 3.35. The minimum atomic E-state index is -0.0485. The fourth-order valence-corrected chi connectivity index (χ4v) is 6.42. The zero-order valence-electron chi connectivity index (χ0n) is 20.9. The van der Waals surface area contributed by atoms with Crippen LogP contribution in [-0.2, 0) is 19.4 Å². The molecular formula is C27H30N6O3S. The number of amides is 3. The molecule has 1 N–H and O–H groups in total. The molecule has 3 amide bonds. The van der Waals surface area contributed by atoms with Crippen LogP contribution in [0.5, 0.6) is 5.75 Å². The van der Waals surface area contributed by atoms with Gasteiger partial charge in [0.2, 0.25) is 0 Å². The Morgan fingerprint density at radius 1 is 1.05 bits per heavy atom. The molecule has 0 saturated carbocycles. The number of hydrogen-bond acceptors (Lipinski definition) is 7. The number of anilines is 2. The SMILES string of the molecule is COc1ccc2c(c1)CCN(C1CCN(c3cc(C(=O)N4CCc5sccc5C4)ncn3)CC1)C(=O)N2. The van der Waals surface area contributed by atoms with Crippen molar-refractivity contribution in [2.75, 3.05) is 43.5 Å². The smallest absolute Gasteiger partial charge is 0.322 e. The van der Waals surface area contributed by atoms with Gasteiger partial charge >= 0.3 is 6.03 Å². The first kappa shape index (κ1) is 23.7. The van der Waals surface area contributed by atoms with E-state index in [0.717, 1.165) is 61.6 Å². The molecule has 2 aromatic heterocycles. The molecule has 0 unspecified atom stereocenters. The summed E-state index contributed by atoms with van der Waals surface area (Å²) in [7, 11) is 1.65. The summed E-state index contributed by atoms with van der Waals surface area (Å²) in [6, 6.07) is 9.81. The Balaban J connectivity index is 1.09. The van der Waals surface area contributed by atoms with Crippen LogP contribution in [0.25, 0.3) is 0 Å². The number of urea groups is 1. The highest BCUT2D eigenvalue weighted by Gasteiger charge is 2.31. The predicted octanol–water partition coefficient (Wildman–Crippen LogP) is 3.80. The van der Waals surface area contributed by atoms with Crippen molar-refractivity contribution in [1.29, 1.82) is 0 Å². The lowest BCUT2D eigenvalue weighted by molar-refractivity contribution is 0.0729. The highest BCUT2D eigenvalue weighted by Crippen LogP contribution is 2.29. The van der Waals surface area contributed by atoms with Gasteiger partial charge in [-0.2, -0.15) is 0 Å². The van der Waals surface area contributed by atoms with E-state index in [1.807, 2.05) is 34.1 Å². The molecule has 3 aliphatic heterocycles. The summed E-state index contributed by atoms with van der Waals surface area (Å²) < 4.78 is 5.35. The van der Waals surface area contributed by atoms with Crippen LogP contribution in [0.15, 0.2) is 42.0 Å². The van der Waals surface area contributed by atoms with E-state index in [4.69, 9.17) is 4.74 Å². The number of thiophene rings is 1. The van der Waals surface area contributed by atoms with Gasteiger partial charge in [-0.05, 0) is 66.5 Å². The van der Waals surface area contributed by atoms with Crippen LogP contribution in [0.2, 0.25) is 0 Å². The lowest BCUT2D eigenvalue weighted by Crippen LogP contribution is -2.49. The second-order valence-corrected chi connectivity index (χ2v) is 10.7. The molecule has 3 aliphatic rings. The molecule has 37 heavy (non-hydrogen) atoms. The number of ether oxygens (including phenoxy) is 1. The normalized spacial score (nSPS) is 18.1. The van der Waals surface area contributed by atoms with Crippen LogP contribution < -0.4 is 15.0 Å². The third-order valence-corrected chi connectivity index (χ3v) is 8.66. The third kappa shape index (κ3) is 4.73. The van der Waals surface area contributed by atoms with Gasteiger partial charge in [0.1, 0.15) is 23.6 Å². The topological polar surface area (TPSA) is 90.9 Å². The van der Waals surface area contributed by atoms with Gasteiger partial charge in [-0.1, -0.05) is 0 Å². The number of nitrogens with one attached hydrogen (secondary N) is 1. The standard InChI is InChI=1S/C27H30N6O3S/c1-36-21-2-3-22-18(14-21)4-12-33(27(35)30-22)20-5-9-31(10-6-20)25-15-23(28-17-29-25)26(34)32-11-7-24-19(16-32)8-13-37-24/h2-3,8,13-15,17,20H,4-7,9-12,16H2,1H3,(H,30,35). The summed E-state index contributed by atoms with van der Waals surface area (Å²) in [5.74, 6) is 1.52. The molecule has 0 atom stereocenters. The summed E-state index contributed by atoms with van der Waals surface area (Å²) in [5, 5.41) is 5.17. The number of rotatable bonds is 4. The molecule has 9 nitrogen and oxygen atoms in total. The van der Waals surface area contributed by atoms with Gasteiger partial charge in [-0.25, -0.2) is 14.8 Å². The molecule has 6 rings (SSSR count). The summed E-state index contributed by atoms with van der Waals surface area (Å²) >= 11 is 1.76. The van der Waals surface area contributed by atoms with Crippen LogP contribution in [0, 0.1) is 0 Å². The van der Waals surface area contributed by atoms with E-state index in [2.05, 4.69) is 31.6 Å². The first-order chi connectivity index (χ1) is 18.1. The molecular weight excluding hydrogens is 488 g/mol.